The molecule has 1 N–H and O–H groups in total. The second kappa shape index (κ2) is 7.57. The van der Waals surface area contributed by atoms with Gasteiger partial charge in [0.05, 0.1) is 27.3 Å². The Morgan fingerprint density at radius 2 is 1.79 bits per heavy atom. The Morgan fingerprint density at radius 1 is 0.966 bits per heavy atom. The second-order valence-corrected chi connectivity index (χ2v) is 8.30. The van der Waals surface area contributed by atoms with Gasteiger partial charge in [0.15, 0.2) is 5.82 Å². The van der Waals surface area contributed by atoms with Crippen LogP contribution >= 0.6 is 22.7 Å². The molecule has 5 aromatic rings. The molecule has 0 saturated carbocycles. The van der Waals surface area contributed by atoms with E-state index in [4.69, 9.17) is 0 Å². The van der Waals surface area contributed by atoms with Crippen LogP contribution in [0.5, 0.6) is 0 Å². The van der Waals surface area contributed by atoms with Crippen LogP contribution < -0.4 is 5.32 Å². The summed E-state index contributed by atoms with van der Waals surface area (Å²) in [7, 11) is 0. The zero-order valence-electron chi connectivity index (χ0n) is 15.1. The molecule has 0 radical (unpaired) electrons. The van der Waals surface area contributed by atoms with Crippen molar-refractivity contribution in [2.75, 3.05) is 0 Å². The highest BCUT2D eigenvalue weighted by atomic mass is 32.1. The Kier molecular flexibility index (Phi) is 4.63. The zero-order valence-corrected chi connectivity index (χ0v) is 16.8. The molecule has 3 aromatic heterocycles. The smallest absolute Gasteiger partial charge is 0.291 e. The largest absolute Gasteiger partial charge is 0.343 e. The number of carbonyl (C=O) groups excluding carboxylic acids is 1. The number of para-hydroxylation sites is 2. The topological polar surface area (TPSA) is 72.7 Å². The molecule has 6 nitrogen and oxygen atoms in total. The zero-order chi connectivity index (χ0) is 19.6. The van der Waals surface area contributed by atoms with Crippen LogP contribution in [0.4, 0.5) is 0 Å². The molecule has 1 amide bonds. The van der Waals surface area contributed by atoms with Crippen molar-refractivity contribution in [2.45, 2.75) is 6.54 Å². The van der Waals surface area contributed by atoms with Crippen LogP contribution in [0, 0.1) is 0 Å². The van der Waals surface area contributed by atoms with Crippen LogP contribution in [0.25, 0.3) is 26.6 Å². The van der Waals surface area contributed by atoms with E-state index in [-0.39, 0.29) is 11.7 Å². The Morgan fingerprint density at radius 3 is 2.59 bits per heavy atom. The standard InChI is InChI=1S/C21H15N5OS2/c27-21(22-13-18-23-15-9-4-5-10-16(15)29-18)19-24-20(17-11-6-12-28-17)26(25-19)14-7-2-1-3-8-14/h1-12H,13H2,(H,22,27). The number of thiophene rings is 1. The number of aromatic nitrogens is 4. The molecule has 0 aliphatic rings. The molecule has 0 spiro atoms. The van der Waals surface area contributed by atoms with Gasteiger partial charge in [-0.25, -0.2) is 14.6 Å². The van der Waals surface area contributed by atoms with Gasteiger partial charge in [-0.1, -0.05) is 36.4 Å². The third kappa shape index (κ3) is 3.55. The highest BCUT2D eigenvalue weighted by Gasteiger charge is 2.19. The quantitative estimate of drug-likeness (QED) is 0.456. The Labute approximate surface area is 174 Å². The van der Waals surface area contributed by atoms with E-state index in [0.29, 0.717) is 12.4 Å². The third-order valence-corrected chi connectivity index (χ3v) is 6.19. The van der Waals surface area contributed by atoms with Crippen molar-refractivity contribution in [1.82, 2.24) is 25.1 Å². The van der Waals surface area contributed by atoms with E-state index < -0.39 is 0 Å². The van der Waals surface area contributed by atoms with Gasteiger partial charge in [0.25, 0.3) is 5.91 Å². The fourth-order valence-corrected chi connectivity index (χ4v) is 4.56. The third-order valence-electron chi connectivity index (χ3n) is 4.29. The number of thiazole rings is 1. The van der Waals surface area contributed by atoms with Crippen molar-refractivity contribution < 1.29 is 4.79 Å². The first-order chi connectivity index (χ1) is 14.3. The Balaban J connectivity index is 1.42. The number of amides is 1. The van der Waals surface area contributed by atoms with Crippen molar-refractivity contribution >= 4 is 38.8 Å². The van der Waals surface area contributed by atoms with Gasteiger partial charge >= 0.3 is 0 Å². The predicted molar refractivity (Wildman–Crippen MR) is 115 cm³/mol. The summed E-state index contributed by atoms with van der Waals surface area (Å²) >= 11 is 3.13. The van der Waals surface area contributed by atoms with E-state index in [1.165, 1.54) is 0 Å². The van der Waals surface area contributed by atoms with E-state index in [1.54, 1.807) is 27.4 Å². The molecule has 8 heteroatoms. The van der Waals surface area contributed by atoms with Crippen LogP contribution in [-0.4, -0.2) is 25.7 Å². The molecular weight excluding hydrogens is 402 g/mol. The van der Waals surface area contributed by atoms with Crippen LogP contribution in [0.2, 0.25) is 0 Å². The van der Waals surface area contributed by atoms with Gasteiger partial charge in [0, 0.05) is 0 Å². The number of carbonyl (C=O) groups is 1. The number of rotatable bonds is 5. The maximum atomic E-state index is 12.7. The summed E-state index contributed by atoms with van der Waals surface area (Å²) in [5, 5.41) is 10.2. The van der Waals surface area contributed by atoms with Crippen molar-refractivity contribution in [3.8, 4) is 16.4 Å². The fourth-order valence-electron chi connectivity index (χ4n) is 2.95. The summed E-state index contributed by atoms with van der Waals surface area (Å²) in [4.78, 5) is 22.7. The van der Waals surface area contributed by atoms with Crippen molar-refractivity contribution in [3.63, 3.8) is 0 Å². The first-order valence-electron chi connectivity index (χ1n) is 8.97. The number of hydrogen-bond donors (Lipinski definition) is 1. The van der Waals surface area contributed by atoms with Gasteiger partial charge < -0.3 is 5.32 Å². The first-order valence-corrected chi connectivity index (χ1v) is 10.7. The summed E-state index contributed by atoms with van der Waals surface area (Å²) in [6.07, 6.45) is 0. The van der Waals surface area contributed by atoms with Gasteiger partial charge in [-0.2, -0.15) is 0 Å². The van der Waals surface area contributed by atoms with Gasteiger partial charge in [-0.05, 0) is 35.7 Å². The fraction of sp³-hybridized carbons (Fsp3) is 0.0476. The average Bonchev–Trinajstić information content (AvgIpc) is 3.51. The molecule has 29 heavy (non-hydrogen) atoms. The minimum absolute atomic E-state index is 0.137. The Bertz CT molecular complexity index is 1240. The molecule has 3 heterocycles. The molecule has 0 aliphatic heterocycles. The summed E-state index contributed by atoms with van der Waals surface area (Å²) in [6.45, 7) is 0.340. The molecule has 5 rings (SSSR count). The van der Waals surface area contributed by atoms with E-state index >= 15 is 0 Å². The van der Waals surface area contributed by atoms with Gasteiger partial charge in [0.2, 0.25) is 5.82 Å². The van der Waals surface area contributed by atoms with E-state index in [0.717, 1.165) is 25.8 Å². The normalized spacial score (nSPS) is 11.0. The van der Waals surface area contributed by atoms with E-state index in [2.05, 4.69) is 20.4 Å². The monoisotopic (exact) mass is 417 g/mol. The SMILES string of the molecule is O=C(NCc1nc2ccccc2s1)c1nc(-c2cccs2)n(-c2ccccc2)n1. The molecule has 0 saturated heterocycles. The molecule has 0 fully saturated rings. The van der Waals surface area contributed by atoms with Crippen LogP contribution in [0.1, 0.15) is 15.6 Å². The number of nitrogens with zero attached hydrogens (tertiary/aromatic N) is 4. The molecule has 0 unspecified atom stereocenters. The highest BCUT2D eigenvalue weighted by molar-refractivity contribution is 7.18. The van der Waals surface area contributed by atoms with Crippen molar-refractivity contribution in [3.05, 3.63) is 82.9 Å². The number of nitrogens with one attached hydrogen (secondary N) is 1. The molecule has 2 aromatic carbocycles. The average molecular weight is 418 g/mol. The minimum Gasteiger partial charge on any atom is -0.343 e. The molecule has 0 atom stereocenters. The second-order valence-electron chi connectivity index (χ2n) is 6.24. The van der Waals surface area contributed by atoms with Crippen molar-refractivity contribution in [2.24, 2.45) is 0 Å². The molecule has 0 aliphatic carbocycles. The lowest BCUT2D eigenvalue weighted by Crippen LogP contribution is -2.24. The minimum atomic E-state index is -0.322. The lowest BCUT2D eigenvalue weighted by Gasteiger charge is -2.03. The highest BCUT2D eigenvalue weighted by Crippen LogP contribution is 2.26. The van der Waals surface area contributed by atoms with Gasteiger partial charge in [-0.3, -0.25) is 4.79 Å². The summed E-state index contributed by atoms with van der Waals surface area (Å²) < 4.78 is 2.81. The molecular formula is C21H15N5OS2. The van der Waals surface area contributed by atoms with Gasteiger partial charge in [-0.15, -0.1) is 27.8 Å². The lowest BCUT2D eigenvalue weighted by atomic mass is 10.3. The summed E-state index contributed by atoms with van der Waals surface area (Å²) in [6, 6.07) is 21.5. The number of benzene rings is 2. The lowest BCUT2D eigenvalue weighted by molar-refractivity contribution is 0.0940. The van der Waals surface area contributed by atoms with Crippen LogP contribution in [0.3, 0.4) is 0 Å². The molecule has 0 bridgehead atoms. The maximum absolute atomic E-state index is 12.7. The van der Waals surface area contributed by atoms with Crippen LogP contribution in [0.15, 0.2) is 72.1 Å². The molecule has 142 valence electrons. The number of hydrogen-bond acceptors (Lipinski definition) is 6. The van der Waals surface area contributed by atoms with Gasteiger partial charge in [0.1, 0.15) is 5.01 Å². The Hall–Kier alpha value is -3.36. The summed E-state index contributed by atoms with van der Waals surface area (Å²) in [5.74, 6) is 0.464. The van der Waals surface area contributed by atoms with Crippen molar-refractivity contribution in [1.29, 1.82) is 0 Å². The van der Waals surface area contributed by atoms with E-state index in [1.807, 2.05) is 72.1 Å². The van der Waals surface area contributed by atoms with Crippen LogP contribution in [-0.2, 0) is 6.54 Å². The predicted octanol–water partition coefficient (Wildman–Crippen LogP) is 4.54. The van der Waals surface area contributed by atoms with E-state index in [9.17, 15) is 4.79 Å². The number of fused-ring (bicyclic) bond motifs is 1. The maximum Gasteiger partial charge on any atom is 0.291 e. The summed E-state index contributed by atoms with van der Waals surface area (Å²) in [5.41, 5.74) is 1.79. The first kappa shape index (κ1) is 17.7.